The molecule has 0 spiro atoms. The summed E-state index contributed by atoms with van der Waals surface area (Å²) in [6.45, 7) is 2.23. The Labute approximate surface area is 131 Å². The number of ether oxygens (including phenoxy) is 1. The van der Waals surface area contributed by atoms with Gasteiger partial charge in [-0.3, -0.25) is 0 Å². The maximum atomic E-state index is 5.98. The normalized spacial score (nSPS) is 12.8. The van der Waals surface area contributed by atoms with Crippen molar-refractivity contribution >= 4 is 11.6 Å². The van der Waals surface area contributed by atoms with E-state index in [1.54, 1.807) is 0 Å². The summed E-state index contributed by atoms with van der Waals surface area (Å²) in [5.41, 5.74) is 1.17. The van der Waals surface area contributed by atoms with E-state index in [1.807, 2.05) is 62.4 Å². The lowest BCUT2D eigenvalue weighted by Gasteiger charge is -2.18. The van der Waals surface area contributed by atoms with Crippen LogP contribution in [-0.2, 0) is 11.8 Å². The van der Waals surface area contributed by atoms with Crippen LogP contribution in [0.4, 0.5) is 0 Å². The van der Waals surface area contributed by atoms with Crippen LogP contribution < -0.4 is 0 Å². The van der Waals surface area contributed by atoms with Crippen LogP contribution in [0.5, 0.6) is 0 Å². The van der Waals surface area contributed by atoms with E-state index in [9.17, 15) is 0 Å². The highest BCUT2D eigenvalue weighted by atomic mass is 35.5. The molecular weight excluding hydrogens is 286 g/mol. The number of nitrogens with zero attached hydrogens (tertiary/aromatic N) is 3. The molecule has 21 heavy (non-hydrogen) atoms. The van der Waals surface area contributed by atoms with E-state index < -0.39 is 0 Å². The zero-order chi connectivity index (χ0) is 15.2. The summed E-state index contributed by atoms with van der Waals surface area (Å²) in [6.07, 6.45) is 3.77. The SMILES string of the molecule is CN(C)CCOCC(c1ccc(Cl)cc1)c1nccn1C. The highest BCUT2D eigenvalue weighted by Crippen LogP contribution is 2.24. The number of rotatable bonds is 7. The minimum absolute atomic E-state index is 0.115. The molecule has 0 saturated heterocycles. The molecule has 0 saturated carbocycles. The first kappa shape index (κ1) is 16.0. The quantitative estimate of drug-likeness (QED) is 0.737. The van der Waals surface area contributed by atoms with Gasteiger partial charge in [-0.25, -0.2) is 4.98 Å². The highest BCUT2D eigenvalue weighted by Gasteiger charge is 2.18. The Hall–Kier alpha value is -1.36. The molecule has 1 heterocycles. The van der Waals surface area contributed by atoms with Crippen molar-refractivity contribution in [3.63, 3.8) is 0 Å². The van der Waals surface area contributed by atoms with Crippen LogP contribution in [0.25, 0.3) is 0 Å². The van der Waals surface area contributed by atoms with Crippen LogP contribution in [0.1, 0.15) is 17.3 Å². The van der Waals surface area contributed by atoms with Gasteiger partial charge in [0.15, 0.2) is 0 Å². The molecule has 0 amide bonds. The number of hydrogen-bond donors (Lipinski definition) is 0. The second kappa shape index (κ2) is 7.59. The van der Waals surface area contributed by atoms with Crippen molar-refractivity contribution < 1.29 is 4.74 Å². The fraction of sp³-hybridized carbons (Fsp3) is 0.438. The zero-order valence-electron chi connectivity index (χ0n) is 12.8. The van der Waals surface area contributed by atoms with E-state index in [4.69, 9.17) is 16.3 Å². The van der Waals surface area contributed by atoms with Gasteiger partial charge in [0.25, 0.3) is 0 Å². The maximum absolute atomic E-state index is 5.98. The Balaban J connectivity index is 2.11. The van der Waals surface area contributed by atoms with Gasteiger partial charge in [0, 0.05) is 31.0 Å². The van der Waals surface area contributed by atoms with Gasteiger partial charge < -0.3 is 14.2 Å². The lowest BCUT2D eigenvalue weighted by molar-refractivity contribution is 0.110. The first-order valence-corrected chi connectivity index (χ1v) is 7.41. The van der Waals surface area contributed by atoms with Crippen LogP contribution in [0.15, 0.2) is 36.7 Å². The Kier molecular flexibility index (Phi) is 5.79. The zero-order valence-corrected chi connectivity index (χ0v) is 13.5. The number of hydrogen-bond acceptors (Lipinski definition) is 3. The van der Waals surface area contributed by atoms with E-state index in [0.717, 1.165) is 17.4 Å². The first-order valence-electron chi connectivity index (χ1n) is 7.03. The monoisotopic (exact) mass is 307 g/mol. The number of halogens is 1. The topological polar surface area (TPSA) is 30.3 Å². The van der Waals surface area contributed by atoms with Gasteiger partial charge in [-0.15, -0.1) is 0 Å². The molecule has 0 bridgehead atoms. The molecule has 0 aliphatic heterocycles. The van der Waals surface area contributed by atoms with E-state index in [-0.39, 0.29) is 5.92 Å². The maximum Gasteiger partial charge on any atom is 0.118 e. The molecule has 0 N–H and O–H groups in total. The van der Waals surface area contributed by atoms with Crippen molar-refractivity contribution in [3.05, 3.63) is 53.1 Å². The summed E-state index contributed by atoms with van der Waals surface area (Å²) in [5.74, 6) is 1.12. The first-order chi connectivity index (χ1) is 10.1. The van der Waals surface area contributed by atoms with Gasteiger partial charge in [0.1, 0.15) is 5.82 Å². The molecule has 1 unspecified atom stereocenters. The van der Waals surface area contributed by atoms with Crippen molar-refractivity contribution in [3.8, 4) is 0 Å². The molecule has 0 aliphatic rings. The second-order valence-corrected chi connectivity index (χ2v) is 5.82. The number of likely N-dealkylation sites (N-methyl/N-ethyl adjacent to an activating group) is 1. The molecule has 1 aromatic heterocycles. The summed E-state index contributed by atoms with van der Waals surface area (Å²) in [5, 5.41) is 0.742. The summed E-state index contributed by atoms with van der Waals surface area (Å²) < 4.78 is 7.88. The predicted octanol–water partition coefficient (Wildman–Crippen LogP) is 2.78. The van der Waals surface area contributed by atoms with Gasteiger partial charge in [0.05, 0.1) is 19.1 Å². The third-order valence-electron chi connectivity index (χ3n) is 3.41. The fourth-order valence-corrected chi connectivity index (χ4v) is 2.30. The summed E-state index contributed by atoms with van der Waals surface area (Å²) in [6, 6.07) is 7.90. The number of benzene rings is 1. The third kappa shape index (κ3) is 4.56. The second-order valence-electron chi connectivity index (χ2n) is 5.38. The van der Waals surface area contributed by atoms with Gasteiger partial charge >= 0.3 is 0 Å². The van der Waals surface area contributed by atoms with Crippen LogP contribution in [0.3, 0.4) is 0 Å². The molecular formula is C16H22ClN3O. The van der Waals surface area contributed by atoms with Gasteiger partial charge in [0.2, 0.25) is 0 Å². The van der Waals surface area contributed by atoms with E-state index >= 15 is 0 Å². The van der Waals surface area contributed by atoms with Crippen LogP contribution in [-0.4, -0.2) is 48.3 Å². The van der Waals surface area contributed by atoms with Crippen LogP contribution in [0.2, 0.25) is 5.02 Å². The Morgan fingerprint density at radius 1 is 1.29 bits per heavy atom. The third-order valence-corrected chi connectivity index (χ3v) is 3.66. The fourth-order valence-electron chi connectivity index (χ4n) is 2.18. The van der Waals surface area contributed by atoms with Gasteiger partial charge in [-0.05, 0) is 31.8 Å². The average molecular weight is 308 g/mol. The lowest BCUT2D eigenvalue weighted by Crippen LogP contribution is -2.21. The summed E-state index contributed by atoms with van der Waals surface area (Å²) >= 11 is 5.98. The molecule has 5 heteroatoms. The van der Waals surface area contributed by atoms with Crippen molar-refractivity contribution in [2.75, 3.05) is 33.9 Å². The Morgan fingerprint density at radius 2 is 2.00 bits per heavy atom. The van der Waals surface area contributed by atoms with Crippen LogP contribution >= 0.6 is 11.6 Å². The van der Waals surface area contributed by atoms with E-state index in [1.165, 1.54) is 5.56 Å². The largest absolute Gasteiger partial charge is 0.379 e. The number of aryl methyl sites for hydroxylation is 1. The molecule has 0 radical (unpaired) electrons. The van der Waals surface area contributed by atoms with Gasteiger partial charge in [-0.2, -0.15) is 0 Å². The number of imidazole rings is 1. The van der Waals surface area contributed by atoms with E-state index in [2.05, 4.69) is 9.88 Å². The predicted molar refractivity (Wildman–Crippen MR) is 85.9 cm³/mol. The smallest absolute Gasteiger partial charge is 0.118 e. The van der Waals surface area contributed by atoms with Crippen molar-refractivity contribution in [1.29, 1.82) is 0 Å². The molecule has 2 aromatic rings. The standard InChI is InChI=1S/C16H22ClN3O/c1-19(2)10-11-21-12-15(16-18-8-9-20(16)3)13-4-6-14(17)7-5-13/h4-9,15H,10-12H2,1-3H3. The Morgan fingerprint density at radius 3 is 2.57 bits per heavy atom. The lowest BCUT2D eigenvalue weighted by atomic mass is 9.99. The molecule has 0 fully saturated rings. The molecule has 0 aliphatic carbocycles. The average Bonchev–Trinajstić information content (AvgIpc) is 2.86. The highest BCUT2D eigenvalue weighted by molar-refractivity contribution is 6.30. The van der Waals surface area contributed by atoms with Crippen LogP contribution in [0, 0.1) is 0 Å². The molecule has 1 aromatic carbocycles. The van der Waals surface area contributed by atoms with Crippen molar-refractivity contribution in [2.24, 2.45) is 7.05 Å². The van der Waals surface area contributed by atoms with Gasteiger partial charge in [-0.1, -0.05) is 23.7 Å². The molecule has 1 atom stereocenters. The molecule has 4 nitrogen and oxygen atoms in total. The number of aromatic nitrogens is 2. The van der Waals surface area contributed by atoms with Crippen molar-refractivity contribution in [2.45, 2.75) is 5.92 Å². The minimum atomic E-state index is 0.115. The molecule has 114 valence electrons. The summed E-state index contributed by atoms with van der Waals surface area (Å²) in [4.78, 5) is 6.58. The van der Waals surface area contributed by atoms with Crippen molar-refractivity contribution in [1.82, 2.24) is 14.5 Å². The summed E-state index contributed by atoms with van der Waals surface area (Å²) in [7, 11) is 6.09. The minimum Gasteiger partial charge on any atom is -0.379 e. The molecule has 2 rings (SSSR count). The Bertz CT molecular complexity index is 551. The van der Waals surface area contributed by atoms with E-state index in [0.29, 0.717) is 13.2 Å².